The van der Waals surface area contributed by atoms with Crippen LogP contribution in [-0.4, -0.2) is 51.4 Å². The fourth-order valence-corrected chi connectivity index (χ4v) is 6.85. The van der Waals surface area contributed by atoms with Gasteiger partial charge in [0.15, 0.2) is 0 Å². The number of carbonyl (C=O) groups is 2. The van der Waals surface area contributed by atoms with E-state index in [9.17, 15) is 18.0 Å². The van der Waals surface area contributed by atoms with Gasteiger partial charge >= 0.3 is 0 Å². The lowest BCUT2D eigenvalue weighted by Gasteiger charge is -2.34. The number of rotatable bonds is 14. The Morgan fingerprint density at radius 2 is 1.52 bits per heavy atom. The Morgan fingerprint density at radius 1 is 0.870 bits per heavy atom. The summed E-state index contributed by atoms with van der Waals surface area (Å²) >= 11 is 12.6. The van der Waals surface area contributed by atoms with Gasteiger partial charge in [-0.15, -0.1) is 0 Å². The van der Waals surface area contributed by atoms with Crippen LogP contribution in [0.4, 0.5) is 5.69 Å². The molecule has 0 fully saturated rings. The first-order chi connectivity index (χ1) is 22.0. The molecule has 0 bridgehead atoms. The second-order valence-electron chi connectivity index (χ2n) is 10.8. The zero-order valence-corrected chi connectivity index (χ0v) is 28.3. The van der Waals surface area contributed by atoms with E-state index in [0.29, 0.717) is 24.3 Å². The summed E-state index contributed by atoms with van der Waals surface area (Å²) in [5.41, 5.74) is 2.53. The molecule has 0 aromatic heterocycles. The summed E-state index contributed by atoms with van der Waals surface area (Å²) in [6, 6.07) is 26.3. The molecule has 1 N–H and O–H groups in total. The van der Waals surface area contributed by atoms with E-state index >= 15 is 0 Å². The molecule has 8 nitrogen and oxygen atoms in total. The first-order valence-electron chi connectivity index (χ1n) is 14.8. The third-order valence-electron chi connectivity index (χ3n) is 7.33. The molecule has 11 heteroatoms. The van der Waals surface area contributed by atoms with Gasteiger partial charge in [-0.1, -0.05) is 90.3 Å². The normalized spacial score (nSPS) is 11.8. The Balaban J connectivity index is 1.83. The second-order valence-corrected chi connectivity index (χ2v) is 13.6. The number of halogens is 2. The van der Waals surface area contributed by atoms with Crippen LogP contribution in [-0.2, 0) is 32.6 Å². The third-order valence-corrected chi connectivity index (χ3v) is 9.56. The quantitative estimate of drug-likeness (QED) is 0.160. The maximum atomic E-state index is 14.5. The van der Waals surface area contributed by atoms with E-state index in [-0.39, 0.29) is 39.5 Å². The first-order valence-corrected chi connectivity index (χ1v) is 17.0. The van der Waals surface area contributed by atoms with E-state index in [1.807, 2.05) is 50.2 Å². The predicted octanol–water partition coefficient (Wildman–Crippen LogP) is 6.67. The highest BCUT2D eigenvalue weighted by atomic mass is 35.5. The van der Waals surface area contributed by atoms with Crippen molar-refractivity contribution < 1.29 is 22.7 Å². The van der Waals surface area contributed by atoms with Gasteiger partial charge in [0.1, 0.15) is 18.3 Å². The number of nitrogens with one attached hydrogen (secondary N) is 1. The Kier molecular flexibility index (Phi) is 12.1. The molecular formula is C35H37Cl2N3O5S. The Morgan fingerprint density at radius 3 is 2.15 bits per heavy atom. The molecule has 46 heavy (non-hydrogen) atoms. The van der Waals surface area contributed by atoms with Crippen LogP contribution in [0.5, 0.6) is 5.75 Å². The topological polar surface area (TPSA) is 96.0 Å². The van der Waals surface area contributed by atoms with Crippen LogP contribution in [0.1, 0.15) is 30.0 Å². The van der Waals surface area contributed by atoms with Gasteiger partial charge in [0.25, 0.3) is 10.0 Å². The van der Waals surface area contributed by atoms with E-state index in [4.69, 9.17) is 27.9 Å². The molecule has 0 aliphatic carbocycles. The molecule has 0 aliphatic heterocycles. The minimum absolute atomic E-state index is 0.0112. The smallest absolute Gasteiger partial charge is 0.264 e. The molecule has 4 aromatic carbocycles. The molecule has 1 unspecified atom stereocenters. The van der Waals surface area contributed by atoms with Gasteiger partial charge in [0.05, 0.1) is 17.7 Å². The maximum absolute atomic E-state index is 14.5. The van der Waals surface area contributed by atoms with Crippen LogP contribution < -0.4 is 14.4 Å². The Bertz CT molecular complexity index is 1730. The number of hydrogen-bond donors (Lipinski definition) is 1. The number of ether oxygens (including phenoxy) is 1. The van der Waals surface area contributed by atoms with Crippen molar-refractivity contribution in [3.05, 3.63) is 124 Å². The molecule has 0 saturated heterocycles. The highest BCUT2D eigenvalue weighted by Crippen LogP contribution is 2.30. The summed E-state index contributed by atoms with van der Waals surface area (Å²) in [6.45, 7) is 3.60. The van der Waals surface area contributed by atoms with E-state index in [1.54, 1.807) is 37.4 Å². The molecule has 0 aliphatic rings. The summed E-state index contributed by atoms with van der Waals surface area (Å²) in [6.07, 6.45) is 0.908. The number of hydrogen-bond acceptors (Lipinski definition) is 5. The third kappa shape index (κ3) is 9.02. The predicted molar refractivity (Wildman–Crippen MR) is 183 cm³/mol. The van der Waals surface area contributed by atoms with Crippen LogP contribution in [0.25, 0.3) is 0 Å². The van der Waals surface area contributed by atoms with Crippen molar-refractivity contribution >= 4 is 50.7 Å². The highest BCUT2D eigenvalue weighted by Gasteiger charge is 2.35. The van der Waals surface area contributed by atoms with Gasteiger partial charge in [-0.05, 0) is 66.9 Å². The van der Waals surface area contributed by atoms with E-state index in [2.05, 4.69) is 5.32 Å². The van der Waals surface area contributed by atoms with Crippen molar-refractivity contribution in [3.8, 4) is 5.75 Å². The van der Waals surface area contributed by atoms with E-state index in [0.717, 1.165) is 15.4 Å². The summed E-state index contributed by atoms with van der Waals surface area (Å²) < 4.78 is 34.7. The van der Waals surface area contributed by atoms with Crippen molar-refractivity contribution in [1.82, 2.24) is 10.2 Å². The molecule has 4 rings (SSSR count). The molecule has 2 amide bonds. The van der Waals surface area contributed by atoms with Gasteiger partial charge in [-0.25, -0.2) is 8.42 Å². The fourth-order valence-electron chi connectivity index (χ4n) is 4.94. The molecule has 1 atom stereocenters. The van der Waals surface area contributed by atoms with Crippen LogP contribution >= 0.6 is 23.2 Å². The lowest BCUT2D eigenvalue weighted by atomic mass is 10.0. The lowest BCUT2D eigenvalue weighted by molar-refractivity contribution is -0.140. The molecule has 0 heterocycles. The summed E-state index contributed by atoms with van der Waals surface area (Å²) in [5.74, 6) is -0.361. The van der Waals surface area contributed by atoms with Crippen molar-refractivity contribution in [2.75, 3.05) is 24.5 Å². The fraction of sp³-hybridized carbons (Fsp3) is 0.257. The molecule has 242 valence electrons. The second kappa shape index (κ2) is 16.0. The zero-order valence-electron chi connectivity index (χ0n) is 26.0. The van der Waals surface area contributed by atoms with Crippen molar-refractivity contribution in [2.24, 2.45) is 0 Å². The highest BCUT2D eigenvalue weighted by molar-refractivity contribution is 7.92. The lowest BCUT2D eigenvalue weighted by Crippen LogP contribution is -2.53. The van der Waals surface area contributed by atoms with Crippen LogP contribution in [0.15, 0.2) is 102 Å². The SMILES string of the molecule is CCCNC(=O)C(Cc1ccccc1)N(Cc1cccc(OC)c1)C(=O)CN(c1cc(Cl)cc(Cl)c1)S(=O)(=O)c1ccc(C)cc1. The van der Waals surface area contributed by atoms with E-state index in [1.165, 1.54) is 35.2 Å². The number of anilines is 1. The maximum Gasteiger partial charge on any atom is 0.264 e. The molecule has 0 saturated carbocycles. The first kappa shape index (κ1) is 34.8. The summed E-state index contributed by atoms with van der Waals surface area (Å²) in [5, 5.41) is 3.34. The molecule has 0 radical (unpaired) electrons. The van der Waals surface area contributed by atoms with Crippen molar-refractivity contribution in [3.63, 3.8) is 0 Å². The molecule has 0 spiro atoms. The number of carbonyl (C=O) groups excluding carboxylic acids is 2. The minimum Gasteiger partial charge on any atom is -0.497 e. The van der Waals surface area contributed by atoms with Gasteiger partial charge < -0.3 is 15.0 Å². The standard InChI is InChI=1S/C35H37Cl2N3O5S/c1-4-17-38-35(42)33(19-26-9-6-5-7-10-26)39(23-27-11-8-12-31(18-27)45-3)34(41)24-40(30-21-28(36)20-29(37)22-30)46(43,44)32-15-13-25(2)14-16-32/h5-16,18,20-22,33H,4,17,19,23-24H2,1-3H3,(H,38,42). The zero-order chi connectivity index (χ0) is 33.3. The minimum atomic E-state index is -4.29. The number of methoxy groups -OCH3 is 1. The van der Waals surface area contributed by atoms with Gasteiger partial charge in [0.2, 0.25) is 11.8 Å². The number of nitrogens with zero attached hydrogens (tertiary/aromatic N) is 2. The van der Waals surface area contributed by atoms with Gasteiger partial charge in [-0.2, -0.15) is 0 Å². The Hall–Kier alpha value is -4.05. The van der Waals surface area contributed by atoms with Gasteiger partial charge in [-0.3, -0.25) is 13.9 Å². The number of sulfonamides is 1. The number of benzene rings is 4. The monoisotopic (exact) mass is 681 g/mol. The van der Waals surface area contributed by atoms with E-state index < -0.39 is 28.5 Å². The average Bonchev–Trinajstić information content (AvgIpc) is 3.04. The van der Waals surface area contributed by atoms with Crippen LogP contribution in [0.3, 0.4) is 0 Å². The van der Waals surface area contributed by atoms with Gasteiger partial charge in [0, 0.05) is 29.6 Å². The summed E-state index contributed by atoms with van der Waals surface area (Å²) in [7, 11) is -2.74. The largest absolute Gasteiger partial charge is 0.497 e. The summed E-state index contributed by atoms with van der Waals surface area (Å²) in [4.78, 5) is 29.7. The average molecular weight is 683 g/mol. The van der Waals surface area contributed by atoms with Crippen LogP contribution in [0.2, 0.25) is 10.0 Å². The van der Waals surface area contributed by atoms with Crippen molar-refractivity contribution in [2.45, 2.75) is 44.2 Å². The van der Waals surface area contributed by atoms with Crippen molar-refractivity contribution in [1.29, 1.82) is 0 Å². The van der Waals surface area contributed by atoms with Crippen LogP contribution in [0, 0.1) is 6.92 Å². The molecular weight excluding hydrogens is 645 g/mol. The molecule has 4 aromatic rings. The number of amides is 2. The Labute approximate surface area is 280 Å². The number of aryl methyl sites for hydroxylation is 1.